The topological polar surface area (TPSA) is 71.8 Å². The fourth-order valence-electron chi connectivity index (χ4n) is 4.11. The summed E-state index contributed by atoms with van der Waals surface area (Å²) in [5.41, 5.74) is 3.77. The Morgan fingerprint density at radius 2 is 1.65 bits per heavy atom. The lowest BCUT2D eigenvalue weighted by atomic mass is 9.93. The molecule has 0 aromatic heterocycles. The fraction of sp³-hybridized carbons (Fsp3) is 0.214. The minimum absolute atomic E-state index is 0.244. The lowest BCUT2D eigenvalue weighted by Crippen LogP contribution is -2.29. The first-order valence-electron chi connectivity index (χ1n) is 11.2. The average molecular weight is 457 g/mol. The van der Waals surface area contributed by atoms with Crippen molar-refractivity contribution in [2.24, 2.45) is 5.92 Å². The van der Waals surface area contributed by atoms with Crippen molar-refractivity contribution in [1.29, 1.82) is 0 Å². The molecule has 6 nitrogen and oxygen atoms in total. The van der Waals surface area contributed by atoms with Gasteiger partial charge in [0.2, 0.25) is 5.43 Å². The molecular formula is C28H28N2O4. The molecule has 0 radical (unpaired) electrons. The summed E-state index contributed by atoms with van der Waals surface area (Å²) in [4.78, 5) is 26.3. The molecule has 2 aromatic rings. The molecule has 0 atom stereocenters. The standard InChI is InChI=1S/C28H28N2O4/c1-19(2)16-30-17-22-14-25(34-18-20-10-6-4-7-11-20)24(31)15-23(22)26(21-12-8-5-9-13-21)27(30)29(3)28(32)33/h4-15,17,19H,16,18H2,1-3H3,(H,32,33). The van der Waals surface area contributed by atoms with Gasteiger partial charge >= 0.3 is 6.09 Å². The molecule has 1 amide bonds. The lowest BCUT2D eigenvalue weighted by molar-refractivity contribution is 0.203. The lowest BCUT2D eigenvalue weighted by Gasteiger charge is -2.28. The van der Waals surface area contributed by atoms with E-state index >= 15 is 0 Å². The maximum atomic E-state index is 13.1. The second-order valence-corrected chi connectivity index (χ2v) is 8.74. The Bertz CT molecular complexity index is 1310. The van der Waals surface area contributed by atoms with E-state index in [4.69, 9.17) is 4.74 Å². The summed E-state index contributed by atoms with van der Waals surface area (Å²) in [6.07, 6.45) is 0.838. The van der Waals surface area contributed by atoms with Crippen molar-refractivity contribution in [2.45, 2.75) is 27.0 Å². The highest BCUT2D eigenvalue weighted by Crippen LogP contribution is 2.41. The Balaban J connectivity index is 1.94. The van der Waals surface area contributed by atoms with E-state index in [1.807, 2.05) is 71.4 Å². The number of ether oxygens (including phenoxy) is 1. The van der Waals surface area contributed by atoms with Gasteiger partial charge in [-0.3, -0.25) is 9.69 Å². The number of pyridine rings is 1. The fourth-order valence-corrected chi connectivity index (χ4v) is 4.11. The molecule has 0 unspecified atom stereocenters. The van der Waals surface area contributed by atoms with E-state index in [1.165, 1.54) is 11.9 Å². The molecule has 0 spiro atoms. The van der Waals surface area contributed by atoms with E-state index in [9.17, 15) is 14.7 Å². The van der Waals surface area contributed by atoms with E-state index in [0.29, 0.717) is 30.1 Å². The van der Waals surface area contributed by atoms with E-state index in [2.05, 4.69) is 13.8 Å². The Kier molecular flexibility index (Phi) is 6.68. The molecule has 4 rings (SSSR count). The van der Waals surface area contributed by atoms with Crippen molar-refractivity contribution in [2.75, 3.05) is 11.9 Å². The molecule has 1 aliphatic carbocycles. The van der Waals surface area contributed by atoms with Crippen LogP contribution in [0.4, 0.5) is 10.6 Å². The number of anilines is 1. The Hall–Kier alpha value is -4.06. The van der Waals surface area contributed by atoms with Crippen LogP contribution in [0.3, 0.4) is 0 Å². The van der Waals surface area contributed by atoms with Gasteiger partial charge in [0.1, 0.15) is 12.4 Å². The van der Waals surface area contributed by atoms with Crippen molar-refractivity contribution in [1.82, 2.24) is 4.57 Å². The predicted octanol–water partition coefficient (Wildman–Crippen LogP) is 5.97. The first-order chi connectivity index (χ1) is 16.3. The van der Waals surface area contributed by atoms with Crippen LogP contribution in [0.5, 0.6) is 5.75 Å². The third-order valence-corrected chi connectivity index (χ3v) is 5.64. The smallest absolute Gasteiger partial charge is 0.412 e. The number of rotatable bonds is 7. The summed E-state index contributed by atoms with van der Waals surface area (Å²) in [7, 11) is 1.53. The molecule has 2 aromatic carbocycles. The molecule has 0 fully saturated rings. The molecule has 6 heteroatoms. The molecule has 2 aliphatic rings. The molecular weight excluding hydrogens is 428 g/mol. The van der Waals surface area contributed by atoms with Crippen LogP contribution >= 0.6 is 0 Å². The van der Waals surface area contributed by atoms with Gasteiger partial charge < -0.3 is 14.4 Å². The number of nitrogens with zero attached hydrogens (tertiary/aromatic N) is 2. The zero-order valence-corrected chi connectivity index (χ0v) is 19.6. The highest BCUT2D eigenvalue weighted by molar-refractivity contribution is 5.98. The zero-order chi connectivity index (χ0) is 24.2. The SMILES string of the molecule is CC(C)Cn1cc2cc(OCc3ccccc3)c(=O)cc-2c(-c2ccccc2)c1N(C)C(=O)O. The van der Waals surface area contributed by atoms with Crippen LogP contribution in [0.25, 0.3) is 22.3 Å². The van der Waals surface area contributed by atoms with E-state index in [-0.39, 0.29) is 17.1 Å². The molecule has 1 N–H and O–H groups in total. The van der Waals surface area contributed by atoms with E-state index < -0.39 is 6.09 Å². The van der Waals surface area contributed by atoms with Gasteiger partial charge in [-0.05, 0) is 34.7 Å². The van der Waals surface area contributed by atoms with Crippen LogP contribution in [-0.2, 0) is 13.2 Å². The molecule has 0 bridgehead atoms. The largest absolute Gasteiger partial charge is 0.485 e. The van der Waals surface area contributed by atoms with Crippen molar-refractivity contribution in [3.63, 3.8) is 0 Å². The van der Waals surface area contributed by atoms with E-state index in [1.54, 1.807) is 12.1 Å². The first-order valence-corrected chi connectivity index (χ1v) is 11.2. The number of carboxylic acid groups (broad SMARTS) is 1. The maximum Gasteiger partial charge on any atom is 0.412 e. The molecule has 0 saturated heterocycles. The second kappa shape index (κ2) is 9.83. The monoisotopic (exact) mass is 456 g/mol. The maximum absolute atomic E-state index is 13.1. The number of carbonyl (C=O) groups is 1. The Morgan fingerprint density at radius 1 is 1.00 bits per heavy atom. The molecule has 174 valence electrons. The summed E-state index contributed by atoms with van der Waals surface area (Å²) >= 11 is 0. The van der Waals surface area contributed by atoms with Gasteiger partial charge in [-0.15, -0.1) is 0 Å². The van der Waals surface area contributed by atoms with Gasteiger partial charge in [0.25, 0.3) is 0 Å². The summed E-state index contributed by atoms with van der Waals surface area (Å²) in [5.74, 6) is 1.07. The van der Waals surface area contributed by atoms with Crippen LogP contribution in [-0.4, -0.2) is 22.8 Å². The van der Waals surface area contributed by atoms with E-state index in [0.717, 1.165) is 16.7 Å². The summed E-state index contributed by atoms with van der Waals surface area (Å²) in [6, 6.07) is 22.6. The van der Waals surface area contributed by atoms with Gasteiger partial charge in [0, 0.05) is 30.9 Å². The highest BCUT2D eigenvalue weighted by Gasteiger charge is 2.25. The van der Waals surface area contributed by atoms with Crippen LogP contribution in [0, 0.1) is 5.92 Å². The number of fused-ring (bicyclic) bond motifs is 1. The van der Waals surface area contributed by atoms with Crippen molar-refractivity contribution >= 4 is 11.9 Å². The predicted molar refractivity (Wildman–Crippen MR) is 135 cm³/mol. The van der Waals surface area contributed by atoms with Gasteiger partial charge in [0.05, 0.1) is 0 Å². The second-order valence-electron chi connectivity index (χ2n) is 8.74. The van der Waals surface area contributed by atoms with Gasteiger partial charge in [-0.1, -0.05) is 74.5 Å². The van der Waals surface area contributed by atoms with Crippen molar-refractivity contribution in [3.05, 3.63) is 94.8 Å². The Morgan fingerprint density at radius 3 is 2.26 bits per heavy atom. The van der Waals surface area contributed by atoms with Gasteiger partial charge in [0.15, 0.2) is 5.75 Å². The van der Waals surface area contributed by atoms with Crippen LogP contribution in [0.1, 0.15) is 19.4 Å². The normalized spacial score (nSPS) is 11.1. The van der Waals surface area contributed by atoms with Crippen molar-refractivity contribution < 1.29 is 14.6 Å². The summed E-state index contributed by atoms with van der Waals surface area (Å²) < 4.78 is 7.84. The number of hydrogen-bond donors (Lipinski definition) is 1. The van der Waals surface area contributed by atoms with Gasteiger partial charge in [-0.2, -0.15) is 0 Å². The molecule has 0 saturated carbocycles. The molecule has 1 heterocycles. The summed E-state index contributed by atoms with van der Waals surface area (Å²) in [6.45, 7) is 5.07. The highest BCUT2D eigenvalue weighted by atomic mass is 16.5. The average Bonchev–Trinajstić information content (AvgIpc) is 2.82. The van der Waals surface area contributed by atoms with Crippen LogP contribution in [0.2, 0.25) is 0 Å². The molecule has 1 aliphatic heterocycles. The number of aromatic nitrogens is 1. The number of amides is 1. The van der Waals surface area contributed by atoms with Crippen LogP contribution < -0.4 is 15.1 Å². The van der Waals surface area contributed by atoms with Crippen molar-refractivity contribution in [3.8, 4) is 28.0 Å². The number of hydrogen-bond acceptors (Lipinski definition) is 3. The molecule has 34 heavy (non-hydrogen) atoms. The minimum atomic E-state index is -1.07. The third-order valence-electron chi connectivity index (χ3n) is 5.64. The first kappa shape index (κ1) is 23.1. The van der Waals surface area contributed by atoms with Gasteiger partial charge in [-0.25, -0.2) is 4.79 Å². The Labute approximate surface area is 199 Å². The minimum Gasteiger partial charge on any atom is -0.485 e. The quantitative estimate of drug-likeness (QED) is 0.372. The third kappa shape index (κ3) is 4.81. The number of benzene rings is 3. The zero-order valence-electron chi connectivity index (χ0n) is 19.6. The van der Waals surface area contributed by atoms with Crippen LogP contribution in [0.15, 0.2) is 83.8 Å². The summed E-state index contributed by atoms with van der Waals surface area (Å²) in [5, 5.41) is 9.85.